The summed E-state index contributed by atoms with van der Waals surface area (Å²) in [6.45, 7) is 6.07. The minimum atomic E-state index is -0.278. The van der Waals surface area contributed by atoms with Crippen LogP contribution in [0.25, 0.3) is 6.08 Å². The van der Waals surface area contributed by atoms with Crippen LogP contribution in [0.1, 0.15) is 26.3 Å². The lowest BCUT2D eigenvalue weighted by molar-refractivity contribution is -0.117. The number of amides is 1. The summed E-state index contributed by atoms with van der Waals surface area (Å²) >= 11 is 0. The predicted molar refractivity (Wildman–Crippen MR) is 67.9 cm³/mol. The van der Waals surface area contributed by atoms with E-state index in [0.29, 0.717) is 5.92 Å². The van der Waals surface area contributed by atoms with Crippen LogP contribution >= 0.6 is 0 Å². The van der Waals surface area contributed by atoms with E-state index in [1.807, 2.05) is 6.92 Å². The zero-order valence-corrected chi connectivity index (χ0v) is 10.4. The van der Waals surface area contributed by atoms with Crippen LogP contribution in [0.15, 0.2) is 30.3 Å². The second-order valence-corrected chi connectivity index (χ2v) is 4.43. The molecule has 0 heterocycles. The molecule has 0 radical (unpaired) electrons. The normalized spacial score (nSPS) is 13.0. The van der Waals surface area contributed by atoms with Crippen LogP contribution in [0.2, 0.25) is 0 Å². The van der Waals surface area contributed by atoms with Crippen molar-refractivity contribution in [2.45, 2.75) is 26.8 Å². The van der Waals surface area contributed by atoms with E-state index in [4.69, 9.17) is 0 Å². The van der Waals surface area contributed by atoms with E-state index < -0.39 is 0 Å². The highest BCUT2D eigenvalue weighted by Gasteiger charge is 2.07. The van der Waals surface area contributed by atoms with E-state index in [0.717, 1.165) is 5.56 Å². The molecule has 2 nitrogen and oxygen atoms in total. The molecule has 0 aliphatic heterocycles. The molecule has 3 heteroatoms. The lowest BCUT2D eigenvalue weighted by atomic mass is 10.1. The van der Waals surface area contributed by atoms with E-state index in [9.17, 15) is 9.18 Å². The van der Waals surface area contributed by atoms with Gasteiger partial charge in [0, 0.05) is 12.1 Å². The highest BCUT2D eigenvalue weighted by molar-refractivity contribution is 5.91. The van der Waals surface area contributed by atoms with Crippen LogP contribution in [0.4, 0.5) is 4.39 Å². The van der Waals surface area contributed by atoms with E-state index in [1.54, 1.807) is 18.2 Å². The Bertz CT molecular complexity index is 395. The maximum Gasteiger partial charge on any atom is 0.244 e. The van der Waals surface area contributed by atoms with Gasteiger partial charge in [0.15, 0.2) is 0 Å². The molecule has 1 atom stereocenters. The Balaban J connectivity index is 2.53. The number of hydrogen-bond acceptors (Lipinski definition) is 1. The van der Waals surface area contributed by atoms with Gasteiger partial charge in [-0.3, -0.25) is 4.79 Å². The topological polar surface area (TPSA) is 29.1 Å². The van der Waals surface area contributed by atoms with Crippen molar-refractivity contribution >= 4 is 12.0 Å². The quantitative estimate of drug-likeness (QED) is 0.799. The van der Waals surface area contributed by atoms with Crippen molar-refractivity contribution in [1.29, 1.82) is 0 Å². The van der Waals surface area contributed by atoms with Crippen LogP contribution in [0.5, 0.6) is 0 Å². The third-order valence-corrected chi connectivity index (χ3v) is 2.67. The molecule has 0 aliphatic carbocycles. The molecule has 0 fully saturated rings. The van der Waals surface area contributed by atoms with Crippen LogP contribution in [-0.4, -0.2) is 11.9 Å². The molecular formula is C14H18FNO. The van der Waals surface area contributed by atoms with Gasteiger partial charge in [-0.2, -0.15) is 0 Å². The van der Waals surface area contributed by atoms with Crippen molar-refractivity contribution in [3.63, 3.8) is 0 Å². The second kappa shape index (κ2) is 6.18. The minimum absolute atomic E-state index is 0.129. The Morgan fingerprint density at radius 3 is 2.35 bits per heavy atom. The number of hydrogen-bond donors (Lipinski definition) is 1. The van der Waals surface area contributed by atoms with Gasteiger partial charge in [0.25, 0.3) is 0 Å². The average Bonchev–Trinajstić information content (AvgIpc) is 2.28. The van der Waals surface area contributed by atoms with Crippen molar-refractivity contribution in [3.05, 3.63) is 41.7 Å². The van der Waals surface area contributed by atoms with Gasteiger partial charge < -0.3 is 5.32 Å². The van der Waals surface area contributed by atoms with Crippen molar-refractivity contribution in [2.75, 3.05) is 0 Å². The summed E-state index contributed by atoms with van der Waals surface area (Å²) in [5.41, 5.74) is 0.804. The first-order valence-corrected chi connectivity index (χ1v) is 5.73. The third-order valence-electron chi connectivity index (χ3n) is 2.67. The van der Waals surface area contributed by atoms with Gasteiger partial charge in [0.2, 0.25) is 5.91 Å². The standard InChI is InChI=1S/C14H18FNO/c1-10(2)11(3)16-14(17)9-6-12-4-7-13(15)8-5-12/h4-11H,1-3H3,(H,16,17)/b9-6+. The Hall–Kier alpha value is -1.64. The lowest BCUT2D eigenvalue weighted by Gasteiger charge is -2.15. The number of carbonyl (C=O) groups is 1. The maximum atomic E-state index is 12.6. The molecular weight excluding hydrogens is 217 g/mol. The average molecular weight is 235 g/mol. The first kappa shape index (κ1) is 13.4. The number of nitrogens with one attached hydrogen (secondary N) is 1. The smallest absolute Gasteiger partial charge is 0.244 e. The van der Waals surface area contributed by atoms with Gasteiger partial charge in [-0.1, -0.05) is 26.0 Å². The van der Waals surface area contributed by atoms with Crippen molar-refractivity contribution < 1.29 is 9.18 Å². The molecule has 1 N–H and O–H groups in total. The first-order chi connectivity index (χ1) is 7.99. The number of benzene rings is 1. The van der Waals surface area contributed by atoms with Crippen molar-refractivity contribution in [2.24, 2.45) is 5.92 Å². The Labute approximate surface area is 102 Å². The van der Waals surface area contributed by atoms with Crippen LogP contribution in [0.3, 0.4) is 0 Å². The summed E-state index contributed by atoms with van der Waals surface area (Å²) in [5.74, 6) is -0.00581. The van der Waals surface area contributed by atoms with E-state index in [1.165, 1.54) is 18.2 Å². The molecule has 1 amide bonds. The summed E-state index contributed by atoms with van der Waals surface area (Å²) in [6, 6.07) is 6.14. The largest absolute Gasteiger partial charge is 0.350 e. The molecule has 0 aliphatic rings. The van der Waals surface area contributed by atoms with Gasteiger partial charge in [-0.05, 0) is 36.6 Å². The zero-order valence-electron chi connectivity index (χ0n) is 10.4. The maximum absolute atomic E-state index is 12.6. The van der Waals surface area contributed by atoms with Crippen molar-refractivity contribution in [1.82, 2.24) is 5.32 Å². The molecule has 0 saturated heterocycles. The molecule has 1 rings (SSSR count). The molecule has 1 aromatic rings. The molecule has 92 valence electrons. The number of rotatable bonds is 4. The fourth-order valence-electron chi connectivity index (χ4n) is 1.18. The summed E-state index contributed by atoms with van der Waals surface area (Å²) < 4.78 is 12.6. The minimum Gasteiger partial charge on any atom is -0.350 e. The summed E-state index contributed by atoms with van der Waals surface area (Å²) in [4.78, 5) is 11.5. The molecule has 1 aromatic carbocycles. The summed E-state index contributed by atoms with van der Waals surface area (Å²) in [6.07, 6.45) is 3.13. The van der Waals surface area contributed by atoms with Gasteiger partial charge in [-0.25, -0.2) is 4.39 Å². The van der Waals surface area contributed by atoms with E-state index in [2.05, 4.69) is 19.2 Å². The monoisotopic (exact) mass is 235 g/mol. The first-order valence-electron chi connectivity index (χ1n) is 5.73. The Kier molecular flexibility index (Phi) is 4.88. The number of carbonyl (C=O) groups excluding carboxylic acids is 1. The van der Waals surface area contributed by atoms with E-state index >= 15 is 0 Å². The Morgan fingerprint density at radius 1 is 1.24 bits per heavy atom. The summed E-state index contributed by atoms with van der Waals surface area (Å²) in [7, 11) is 0. The van der Waals surface area contributed by atoms with Crippen LogP contribution < -0.4 is 5.32 Å². The molecule has 0 spiro atoms. The third kappa shape index (κ3) is 4.81. The fraction of sp³-hybridized carbons (Fsp3) is 0.357. The van der Waals surface area contributed by atoms with E-state index in [-0.39, 0.29) is 17.8 Å². The SMILES string of the molecule is CC(C)C(C)NC(=O)/C=C/c1ccc(F)cc1. The second-order valence-electron chi connectivity index (χ2n) is 4.43. The highest BCUT2D eigenvalue weighted by Crippen LogP contribution is 2.05. The fourth-order valence-corrected chi connectivity index (χ4v) is 1.18. The van der Waals surface area contributed by atoms with Gasteiger partial charge >= 0.3 is 0 Å². The molecule has 0 saturated carbocycles. The van der Waals surface area contributed by atoms with Crippen LogP contribution in [-0.2, 0) is 4.79 Å². The zero-order chi connectivity index (χ0) is 12.8. The van der Waals surface area contributed by atoms with Crippen molar-refractivity contribution in [3.8, 4) is 0 Å². The van der Waals surface area contributed by atoms with Gasteiger partial charge in [0.05, 0.1) is 0 Å². The molecule has 1 unspecified atom stereocenters. The lowest BCUT2D eigenvalue weighted by Crippen LogP contribution is -2.34. The van der Waals surface area contributed by atoms with Gasteiger partial charge in [0.1, 0.15) is 5.82 Å². The van der Waals surface area contributed by atoms with Crippen LogP contribution in [0, 0.1) is 11.7 Å². The molecule has 0 aromatic heterocycles. The summed E-state index contributed by atoms with van der Waals surface area (Å²) in [5, 5.41) is 2.86. The molecule has 0 bridgehead atoms. The molecule has 17 heavy (non-hydrogen) atoms. The predicted octanol–water partition coefficient (Wildman–Crippen LogP) is 3.00. The number of halogens is 1. The van der Waals surface area contributed by atoms with Gasteiger partial charge in [-0.15, -0.1) is 0 Å². The Morgan fingerprint density at radius 2 is 1.82 bits per heavy atom. The highest BCUT2D eigenvalue weighted by atomic mass is 19.1.